The molecule has 3 rings (SSSR count). The molecule has 2 atom stereocenters. The van der Waals surface area contributed by atoms with Crippen LogP contribution in [0.5, 0.6) is 6.01 Å². The van der Waals surface area contributed by atoms with E-state index in [1.165, 1.54) is 6.42 Å². The molecule has 1 aliphatic rings. The summed E-state index contributed by atoms with van der Waals surface area (Å²) in [5.41, 5.74) is 1.56. The van der Waals surface area contributed by atoms with Gasteiger partial charge in [-0.1, -0.05) is 6.92 Å². The first-order valence-corrected chi connectivity index (χ1v) is 7.25. The van der Waals surface area contributed by atoms with Crippen molar-refractivity contribution >= 4 is 11.2 Å². The maximum absolute atomic E-state index is 5.79. The summed E-state index contributed by atoms with van der Waals surface area (Å²) in [7, 11) is 0. The fourth-order valence-electron chi connectivity index (χ4n) is 2.28. The molecule has 0 radical (unpaired) electrons. The highest BCUT2D eigenvalue weighted by atomic mass is 16.5. The summed E-state index contributed by atoms with van der Waals surface area (Å²) >= 11 is 0. The number of ether oxygens (including phenoxy) is 2. The van der Waals surface area contributed by atoms with Crippen LogP contribution in [0.3, 0.4) is 0 Å². The van der Waals surface area contributed by atoms with Crippen molar-refractivity contribution in [3.05, 3.63) is 12.5 Å². The van der Waals surface area contributed by atoms with E-state index in [2.05, 4.69) is 21.9 Å². The van der Waals surface area contributed by atoms with Crippen molar-refractivity contribution in [2.75, 3.05) is 6.61 Å². The molecular weight excluding hydrogens is 256 g/mol. The van der Waals surface area contributed by atoms with Crippen LogP contribution in [0.15, 0.2) is 12.5 Å². The van der Waals surface area contributed by atoms with Gasteiger partial charge in [0.1, 0.15) is 11.7 Å². The average Bonchev–Trinajstić information content (AvgIpc) is 2.91. The second-order valence-electron chi connectivity index (χ2n) is 5.17. The smallest absolute Gasteiger partial charge is 0.318 e. The van der Waals surface area contributed by atoms with E-state index in [0.29, 0.717) is 6.01 Å². The molecule has 1 aliphatic heterocycles. The van der Waals surface area contributed by atoms with E-state index in [0.717, 1.165) is 37.0 Å². The summed E-state index contributed by atoms with van der Waals surface area (Å²) in [6.45, 7) is 4.88. The van der Waals surface area contributed by atoms with Gasteiger partial charge in [-0.2, -0.15) is 4.98 Å². The molecule has 6 heteroatoms. The summed E-state index contributed by atoms with van der Waals surface area (Å²) in [5, 5.41) is 0. The van der Waals surface area contributed by atoms with Crippen LogP contribution in [-0.2, 0) is 4.74 Å². The van der Waals surface area contributed by atoms with E-state index in [-0.39, 0.29) is 12.3 Å². The Morgan fingerprint density at radius 1 is 1.45 bits per heavy atom. The van der Waals surface area contributed by atoms with E-state index < -0.39 is 0 Å². The number of aromatic nitrogens is 4. The molecule has 2 aromatic heterocycles. The van der Waals surface area contributed by atoms with E-state index in [1.807, 2.05) is 11.5 Å². The van der Waals surface area contributed by atoms with Crippen molar-refractivity contribution in [3.63, 3.8) is 0 Å². The molecule has 20 heavy (non-hydrogen) atoms. The Labute approximate surface area is 118 Å². The van der Waals surface area contributed by atoms with Crippen LogP contribution in [-0.4, -0.2) is 32.2 Å². The highest BCUT2D eigenvalue weighted by Gasteiger charge is 2.19. The predicted molar refractivity (Wildman–Crippen MR) is 74.5 cm³/mol. The first kappa shape index (κ1) is 13.3. The van der Waals surface area contributed by atoms with Gasteiger partial charge in [-0.25, -0.2) is 9.97 Å². The van der Waals surface area contributed by atoms with E-state index >= 15 is 0 Å². The van der Waals surface area contributed by atoms with Crippen molar-refractivity contribution in [1.82, 2.24) is 19.5 Å². The standard InChI is InChI=1S/C14H20N4O2/c1-3-10(2)20-14-15-8-11-13(17-14)18(9-16-11)12-6-4-5-7-19-12/h8-10,12H,3-7H2,1-2H3/t10-,12?/m0/s1. The zero-order chi connectivity index (χ0) is 13.9. The van der Waals surface area contributed by atoms with E-state index in [1.54, 1.807) is 12.5 Å². The lowest BCUT2D eigenvalue weighted by Crippen LogP contribution is -2.18. The van der Waals surface area contributed by atoms with E-state index in [9.17, 15) is 0 Å². The van der Waals surface area contributed by atoms with Crippen molar-refractivity contribution in [1.29, 1.82) is 0 Å². The second-order valence-corrected chi connectivity index (χ2v) is 5.17. The molecule has 1 fully saturated rings. The predicted octanol–water partition coefficient (Wildman–Crippen LogP) is 2.70. The van der Waals surface area contributed by atoms with Gasteiger partial charge in [0.15, 0.2) is 5.65 Å². The Hall–Kier alpha value is -1.69. The minimum Gasteiger partial charge on any atom is -0.460 e. The van der Waals surface area contributed by atoms with Crippen molar-refractivity contribution in [2.45, 2.75) is 51.9 Å². The van der Waals surface area contributed by atoms with Crippen LogP contribution in [0.2, 0.25) is 0 Å². The Morgan fingerprint density at radius 2 is 2.35 bits per heavy atom. The number of hydrogen-bond donors (Lipinski definition) is 0. The van der Waals surface area contributed by atoms with Gasteiger partial charge in [0, 0.05) is 6.61 Å². The van der Waals surface area contributed by atoms with Crippen molar-refractivity contribution in [3.8, 4) is 6.01 Å². The first-order chi connectivity index (χ1) is 9.78. The molecule has 6 nitrogen and oxygen atoms in total. The molecule has 0 N–H and O–H groups in total. The Morgan fingerprint density at radius 3 is 3.10 bits per heavy atom. The Balaban J connectivity index is 1.90. The van der Waals surface area contributed by atoms with Crippen molar-refractivity contribution in [2.24, 2.45) is 0 Å². The molecule has 3 heterocycles. The number of rotatable bonds is 4. The van der Waals surface area contributed by atoms with Gasteiger partial charge < -0.3 is 9.47 Å². The van der Waals surface area contributed by atoms with Crippen LogP contribution in [0.4, 0.5) is 0 Å². The van der Waals surface area contributed by atoms with Crippen LogP contribution >= 0.6 is 0 Å². The highest BCUT2D eigenvalue weighted by Crippen LogP contribution is 2.26. The summed E-state index contributed by atoms with van der Waals surface area (Å²) in [6.07, 6.45) is 7.84. The molecule has 0 bridgehead atoms. The monoisotopic (exact) mass is 276 g/mol. The number of imidazole rings is 1. The molecule has 2 aromatic rings. The molecular formula is C14H20N4O2. The molecule has 0 amide bonds. The molecule has 0 saturated carbocycles. The molecule has 1 unspecified atom stereocenters. The highest BCUT2D eigenvalue weighted by molar-refractivity contribution is 5.69. The molecule has 0 aromatic carbocycles. The van der Waals surface area contributed by atoms with Gasteiger partial charge in [0.25, 0.3) is 0 Å². The summed E-state index contributed by atoms with van der Waals surface area (Å²) < 4.78 is 13.5. The lowest BCUT2D eigenvalue weighted by atomic mass is 10.2. The van der Waals surface area contributed by atoms with Crippen LogP contribution in [0, 0.1) is 0 Å². The lowest BCUT2D eigenvalue weighted by molar-refractivity contribution is -0.0298. The fraction of sp³-hybridized carbons (Fsp3) is 0.643. The molecule has 0 aliphatic carbocycles. The number of fused-ring (bicyclic) bond motifs is 1. The van der Waals surface area contributed by atoms with Gasteiger partial charge in [-0.3, -0.25) is 4.57 Å². The maximum Gasteiger partial charge on any atom is 0.318 e. The molecule has 108 valence electrons. The zero-order valence-electron chi connectivity index (χ0n) is 12.0. The minimum absolute atomic E-state index is 0.0279. The first-order valence-electron chi connectivity index (χ1n) is 7.25. The average molecular weight is 276 g/mol. The zero-order valence-corrected chi connectivity index (χ0v) is 12.0. The third-order valence-corrected chi connectivity index (χ3v) is 3.64. The summed E-state index contributed by atoms with van der Waals surface area (Å²) in [6, 6.07) is 0.407. The minimum atomic E-state index is 0.0279. The van der Waals surface area contributed by atoms with Gasteiger partial charge in [-0.05, 0) is 32.6 Å². The SMILES string of the molecule is CC[C@H](C)Oc1ncc2ncn(C3CCCCO3)c2n1. The van der Waals surface area contributed by atoms with Crippen molar-refractivity contribution < 1.29 is 9.47 Å². The maximum atomic E-state index is 5.79. The lowest BCUT2D eigenvalue weighted by Gasteiger charge is -2.23. The van der Waals surface area contributed by atoms with Gasteiger partial charge in [0.05, 0.1) is 18.6 Å². The van der Waals surface area contributed by atoms with Gasteiger partial charge in [-0.15, -0.1) is 0 Å². The van der Waals surface area contributed by atoms with Crippen LogP contribution in [0.1, 0.15) is 45.8 Å². The van der Waals surface area contributed by atoms with Crippen LogP contribution in [0.25, 0.3) is 11.2 Å². The quantitative estimate of drug-likeness (QED) is 0.859. The summed E-state index contributed by atoms with van der Waals surface area (Å²) in [5.74, 6) is 0. The largest absolute Gasteiger partial charge is 0.460 e. The number of hydrogen-bond acceptors (Lipinski definition) is 5. The van der Waals surface area contributed by atoms with Crippen LogP contribution < -0.4 is 4.74 Å². The second kappa shape index (κ2) is 5.75. The van der Waals surface area contributed by atoms with Gasteiger partial charge in [0.2, 0.25) is 0 Å². The molecule has 0 spiro atoms. The fourth-order valence-corrected chi connectivity index (χ4v) is 2.28. The Kier molecular flexibility index (Phi) is 3.82. The Bertz CT molecular complexity index is 578. The number of nitrogens with zero attached hydrogens (tertiary/aromatic N) is 4. The topological polar surface area (TPSA) is 62.1 Å². The third kappa shape index (κ3) is 2.60. The third-order valence-electron chi connectivity index (χ3n) is 3.64. The normalized spacial score (nSPS) is 21.0. The summed E-state index contributed by atoms with van der Waals surface area (Å²) in [4.78, 5) is 13.0. The molecule has 1 saturated heterocycles. The van der Waals surface area contributed by atoms with Gasteiger partial charge >= 0.3 is 6.01 Å². The van der Waals surface area contributed by atoms with E-state index in [4.69, 9.17) is 9.47 Å².